The van der Waals surface area contributed by atoms with Gasteiger partial charge in [-0.1, -0.05) is 18.5 Å². The smallest absolute Gasteiger partial charge is 0.410 e. The molecule has 0 spiro atoms. The molecule has 1 aliphatic rings. The first-order chi connectivity index (χ1) is 13.5. The molecule has 1 aliphatic heterocycles. The van der Waals surface area contributed by atoms with Gasteiger partial charge in [0, 0.05) is 31.1 Å². The average molecular weight is 508 g/mol. The predicted octanol–water partition coefficient (Wildman–Crippen LogP) is 5.67. The summed E-state index contributed by atoms with van der Waals surface area (Å²) in [6, 6.07) is 1.58. The third-order valence-electron chi connectivity index (χ3n) is 4.66. The number of amides is 1. The number of benzene rings is 1. The molecule has 29 heavy (non-hydrogen) atoms. The topological polar surface area (TPSA) is 58.6 Å². The molecule has 0 bridgehead atoms. The van der Waals surface area contributed by atoms with Crippen molar-refractivity contribution in [3.8, 4) is 0 Å². The van der Waals surface area contributed by atoms with Crippen LogP contribution in [0.3, 0.4) is 0 Å². The summed E-state index contributed by atoms with van der Waals surface area (Å²) >= 11 is 15.4. The van der Waals surface area contributed by atoms with E-state index >= 15 is 0 Å². The molecular weight excluding hydrogens is 486 g/mol. The maximum atomic E-state index is 14.7. The van der Waals surface area contributed by atoms with Gasteiger partial charge in [-0.15, -0.1) is 0 Å². The normalized spacial score (nSPS) is 17.7. The highest BCUT2D eigenvalue weighted by Gasteiger charge is 2.33. The number of hydrogen-bond donors (Lipinski definition) is 0. The first-order valence-corrected chi connectivity index (χ1v) is 10.8. The molecule has 2 aromatic rings. The van der Waals surface area contributed by atoms with Gasteiger partial charge in [0.05, 0.1) is 9.50 Å². The lowest BCUT2D eigenvalue weighted by Gasteiger charge is -2.42. The van der Waals surface area contributed by atoms with E-state index in [4.69, 9.17) is 27.9 Å². The van der Waals surface area contributed by atoms with Crippen molar-refractivity contribution >= 4 is 61.9 Å². The third-order valence-corrected chi connectivity index (χ3v) is 6.13. The average Bonchev–Trinajstić information content (AvgIpc) is 2.64. The molecular formula is C19H22BrCl2FN4O2. The van der Waals surface area contributed by atoms with E-state index < -0.39 is 11.4 Å². The molecule has 0 saturated carbocycles. The lowest BCUT2D eigenvalue weighted by Crippen LogP contribution is -2.55. The molecule has 1 amide bonds. The minimum absolute atomic E-state index is 0.0454. The van der Waals surface area contributed by atoms with Crippen LogP contribution in [0.1, 0.15) is 34.1 Å². The second kappa shape index (κ2) is 8.40. The predicted molar refractivity (Wildman–Crippen MR) is 116 cm³/mol. The van der Waals surface area contributed by atoms with E-state index in [9.17, 15) is 9.18 Å². The lowest BCUT2D eigenvalue weighted by molar-refractivity contribution is 0.0213. The Bertz CT molecular complexity index is 954. The Kier molecular flexibility index (Phi) is 6.46. The van der Waals surface area contributed by atoms with Crippen LogP contribution in [-0.4, -0.2) is 52.2 Å². The van der Waals surface area contributed by atoms with Crippen LogP contribution in [0.4, 0.5) is 15.0 Å². The molecule has 10 heteroatoms. The zero-order valence-electron chi connectivity index (χ0n) is 16.6. The fraction of sp³-hybridized carbons (Fsp3) is 0.526. The number of anilines is 1. The SMILES string of the molecule is CC[C@@H]1CN(C(=O)OC(C)(C)C)CCN1c1nc(Cl)nc2c(F)c(Br)c(Cl)cc12. The largest absolute Gasteiger partial charge is 0.444 e. The van der Waals surface area contributed by atoms with Crippen molar-refractivity contribution in [2.24, 2.45) is 0 Å². The van der Waals surface area contributed by atoms with Crippen molar-refractivity contribution in [1.29, 1.82) is 0 Å². The Balaban J connectivity index is 1.97. The van der Waals surface area contributed by atoms with E-state index in [-0.39, 0.29) is 32.4 Å². The van der Waals surface area contributed by atoms with Gasteiger partial charge in [0.1, 0.15) is 16.9 Å². The van der Waals surface area contributed by atoms with Gasteiger partial charge in [0.25, 0.3) is 0 Å². The van der Waals surface area contributed by atoms with Crippen molar-refractivity contribution in [3.63, 3.8) is 0 Å². The second-order valence-electron chi connectivity index (χ2n) is 7.88. The number of piperazine rings is 1. The summed E-state index contributed by atoms with van der Waals surface area (Å²) in [6.45, 7) is 8.93. The van der Waals surface area contributed by atoms with E-state index in [1.165, 1.54) is 0 Å². The van der Waals surface area contributed by atoms with Crippen LogP contribution in [0, 0.1) is 5.82 Å². The summed E-state index contributed by atoms with van der Waals surface area (Å²) in [7, 11) is 0. The van der Waals surface area contributed by atoms with Crippen molar-refractivity contribution in [2.45, 2.75) is 45.8 Å². The van der Waals surface area contributed by atoms with Gasteiger partial charge >= 0.3 is 6.09 Å². The first-order valence-electron chi connectivity index (χ1n) is 9.27. The van der Waals surface area contributed by atoms with Gasteiger partial charge in [0.15, 0.2) is 5.82 Å². The Morgan fingerprint density at radius 1 is 1.34 bits per heavy atom. The maximum absolute atomic E-state index is 14.7. The van der Waals surface area contributed by atoms with Crippen LogP contribution in [0.25, 0.3) is 10.9 Å². The summed E-state index contributed by atoms with van der Waals surface area (Å²) in [5.74, 6) is -0.0810. The lowest BCUT2D eigenvalue weighted by atomic mass is 10.1. The van der Waals surface area contributed by atoms with Crippen LogP contribution in [-0.2, 0) is 4.74 Å². The van der Waals surface area contributed by atoms with Crippen LogP contribution in [0.5, 0.6) is 0 Å². The van der Waals surface area contributed by atoms with E-state index in [1.54, 1.807) is 11.0 Å². The molecule has 1 atom stereocenters. The monoisotopic (exact) mass is 506 g/mol. The number of carbonyl (C=O) groups is 1. The van der Waals surface area contributed by atoms with Gasteiger partial charge in [-0.05, 0) is 60.8 Å². The van der Waals surface area contributed by atoms with Gasteiger partial charge < -0.3 is 14.5 Å². The molecule has 1 aromatic carbocycles. The number of carbonyl (C=O) groups excluding carboxylic acids is 1. The van der Waals surface area contributed by atoms with Crippen molar-refractivity contribution < 1.29 is 13.9 Å². The van der Waals surface area contributed by atoms with E-state index in [1.807, 2.05) is 32.6 Å². The number of hydrogen-bond acceptors (Lipinski definition) is 5. The van der Waals surface area contributed by atoms with Crippen molar-refractivity contribution in [2.75, 3.05) is 24.5 Å². The molecule has 1 saturated heterocycles. The molecule has 1 aromatic heterocycles. The maximum Gasteiger partial charge on any atom is 0.410 e. The van der Waals surface area contributed by atoms with Gasteiger partial charge in [-0.25, -0.2) is 14.2 Å². The van der Waals surface area contributed by atoms with Crippen molar-refractivity contribution in [3.05, 3.63) is 26.7 Å². The molecule has 0 unspecified atom stereocenters. The molecule has 0 N–H and O–H groups in total. The molecule has 0 radical (unpaired) electrons. The number of fused-ring (bicyclic) bond motifs is 1. The molecule has 158 valence electrons. The zero-order chi connectivity index (χ0) is 21.5. The molecule has 2 heterocycles. The van der Waals surface area contributed by atoms with Crippen LogP contribution < -0.4 is 4.90 Å². The number of aromatic nitrogens is 2. The molecule has 0 aliphatic carbocycles. The highest BCUT2D eigenvalue weighted by Crippen LogP contribution is 2.37. The zero-order valence-corrected chi connectivity index (χ0v) is 19.7. The fourth-order valence-electron chi connectivity index (χ4n) is 3.32. The summed E-state index contributed by atoms with van der Waals surface area (Å²) in [6.07, 6.45) is 0.397. The number of rotatable bonds is 2. The first kappa shape index (κ1) is 22.3. The summed E-state index contributed by atoms with van der Waals surface area (Å²) in [4.78, 5) is 24.6. The quantitative estimate of drug-likeness (QED) is 0.387. The fourth-order valence-corrected chi connectivity index (χ4v) is 3.98. The Hall–Kier alpha value is -1.38. The van der Waals surface area contributed by atoms with E-state index in [0.29, 0.717) is 30.8 Å². The number of ether oxygens (including phenoxy) is 1. The third kappa shape index (κ3) is 4.70. The minimum atomic E-state index is -0.585. The Morgan fingerprint density at radius 3 is 2.66 bits per heavy atom. The van der Waals surface area contributed by atoms with E-state index in [0.717, 1.165) is 6.42 Å². The highest BCUT2D eigenvalue weighted by atomic mass is 79.9. The number of halogens is 4. The van der Waals surface area contributed by atoms with Gasteiger partial charge in [0.2, 0.25) is 5.28 Å². The molecule has 6 nitrogen and oxygen atoms in total. The summed E-state index contributed by atoms with van der Waals surface area (Å²) < 4.78 is 20.4. The Labute approximate surface area is 187 Å². The van der Waals surface area contributed by atoms with Crippen molar-refractivity contribution in [1.82, 2.24) is 14.9 Å². The van der Waals surface area contributed by atoms with Crippen LogP contribution in [0.15, 0.2) is 10.5 Å². The highest BCUT2D eigenvalue weighted by molar-refractivity contribution is 9.10. The number of nitrogens with zero attached hydrogens (tertiary/aromatic N) is 4. The molecule has 1 fully saturated rings. The standard InChI is InChI=1S/C19H22BrCl2FN4O2/c1-5-10-9-26(18(28)29-19(2,3)4)6-7-27(10)16-11-8-12(21)13(20)14(23)15(11)24-17(22)25-16/h8,10H,5-7,9H2,1-4H3/t10-/m1/s1. The van der Waals surface area contributed by atoms with Crippen LogP contribution >= 0.6 is 39.1 Å². The minimum Gasteiger partial charge on any atom is -0.444 e. The Morgan fingerprint density at radius 2 is 2.03 bits per heavy atom. The summed E-state index contributed by atoms with van der Waals surface area (Å²) in [5, 5.41) is 0.650. The van der Waals surface area contributed by atoms with Gasteiger partial charge in [-0.2, -0.15) is 4.98 Å². The van der Waals surface area contributed by atoms with Gasteiger partial charge in [-0.3, -0.25) is 0 Å². The van der Waals surface area contributed by atoms with Crippen LogP contribution in [0.2, 0.25) is 10.3 Å². The van der Waals surface area contributed by atoms with E-state index in [2.05, 4.69) is 25.9 Å². The summed E-state index contributed by atoms with van der Waals surface area (Å²) in [5.41, 5.74) is -0.464. The molecule has 3 rings (SSSR count). The second-order valence-corrected chi connectivity index (χ2v) is 9.42.